The van der Waals surface area contributed by atoms with Crippen LogP contribution in [0.4, 0.5) is 13.2 Å². The van der Waals surface area contributed by atoms with Gasteiger partial charge in [0.1, 0.15) is 11.5 Å². The molecule has 1 unspecified atom stereocenters. The summed E-state index contributed by atoms with van der Waals surface area (Å²) in [6, 6.07) is 5.89. The van der Waals surface area contributed by atoms with Crippen molar-refractivity contribution in [1.29, 1.82) is 0 Å². The van der Waals surface area contributed by atoms with Crippen molar-refractivity contribution in [2.75, 3.05) is 60.5 Å². The molecule has 0 aromatic heterocycles. The number of benzene rings is 1. The molecule has 0 spiro atoms. The summed E-state index contributed by atoms with van der Waals surface area (Å²) in [5, 5.41) is 3.25. The van der Waals surface area contributed by atoms with E-state index in [0.29, 0.717) is 19.0 Å². The Hall–Kier alpha value is -1.43. The van der Waals surface area contributed by atoms with Gasteiger partial charge in [-0.2, -0.15) is 13.2 Å². The molecule has 10 heteroatoms. The average molecular weight is 544 g/mol. The maximum Gasteiger partial charge on any atom is 0.401 e. The quantitative estimate of drug-likeness (QED) is 0.308. The topological polar surface area (TPSA) is 49.3 Å². The molecule has 172 valence electrons. The van der Waals surface area contributed by atoms with E-state index in [1.54, 1.807) is 14.2 Å². The Morgan fingerprint density at radius 3 is 2.40 bits per heavy atom. The second-order valence-corrected chi connectivity index (χ2v) is 7.17. The molecule has 1 heterocycles. The lowest BCUT2D eigenvalue weighted by molar-refractivity contribution is -0.142. The fourth-order valence-electron chi connectivity index (χ4n) is 3.43. The van der Waals surface area contributed by atoms with Gasteiger partial charge in [0.25, 0.3) is 0 Å². The Morgan fingerprint density at radius 2 is 1.87 bits per heavy atom. The molecule has 1 aliphatic rings. The summed E-state index contributed by atoms with van der Waals surface area (Å²) in [5.74, 6) is 2.55. The minimum Gasteiger partial charge on any atom is -0.497 e. The van der Waals surface area contributed by atoms with Gasteiger partial charge in [-0.15, -0.1) is 24.0 Å². The van der Waals surface area contributed by atoms with Crippen LogP contribution in [0, 0.1) is 0 Å². The Balaban J connectivity index is 0.00000450. The number of likely N-dealkylation sites (tertiary alicyclic amines) is 1. The minimum absolute atomic E-state index is 0. The van der Waals surface area contributed by atoms with Crippen LogP contribution >= 0.6 is 24.0 Å². The van der Waals surface area contributed by atoms with Crippen molar-refractivity contribution < 1.29 is 22.6 Å². The van der Waals surface area contributed by atoms with E-state index >= 15 is 0 Å². The first-order valence-corrected chi connectivity index (χ1v) is 9.77. The highest BCUT2D eigenvalue weighted by Crippen LogP contribution is 2.32. The first kappa shape index (κ1) is 26.6. The molecule has 0 radical (unpaired) electrons. The van der Waals surface area contributed by atoms with Gasteiger partial charge >= 0.3 is 6.18 Å². The Kier molecular flexibility index (Phi) is 11.0. The molecule has 1 fully saturated rings. The number of hydrogen-bond acceptors (Lipinski definition) is 4. The van der Waals surface area contributed by atoms with Gasteiger partial charge < -0.3 is 19.7 Å². The van der Waals surface area contributed by atoms with Crippen LogP contribution in [-0.4, -0.2) is 82.5 Å². The van der Waals surface area contributed by atoms with E-state index in [4.69, 9.17) is 9.47 Å². The lowest BCUT2D eigenvalue weighted by Crippen LogP contribution is -2.40. The zero-order valence-electron chi connectivity index (χ0n) is 18.0. The number of rotatable bonds is 8. The summed E-state index contributed by atoms with van der Waals surface area (Å²) in [6.07, 6.45) is -3.24. The van der Waals surface area contributed by atoms with Gasteiger partial charge in [0.15, 0.2) is 5.96 Å². The van der Waals surface area contributed by atoms with Crippen LogP contribution in [0.15, 0.2) is 23.2 Å². The number of halogens is 4. The fraction of sp³-hybridized carbons (Fsp3) is 0.650. The maximum absolute atomic E-state index is 12.5. The summed E-state index contributed by atoms with van der Waals surface area (Å²) < 4.78 is 48.1. The van der Waals surface area contributed by atoms with Crippen LogP contribution in [-0.2, 0) is 0 Å². The number of likely N-dealkylation sites (N-methyl/N-ethyl adjacent to an activating group) is 1. The van der Waals surface area contributed by atoms with Gasteiger partial charge in [-0.05, 0) is 38.1 Å². The monoisotopic (exact) mass is 544 g/mol. The van der Waals surface area contributed by atoms with E-state index in [1.807, 2.05) is 25.1 Å². The van der Waals surface area contributed by atoms with Gasteiger partial charge in [0, 0.05) is 38.2 Å². The van der Waals surface area contributed by atoms with Crippen LogP contribution in [0.25, 0.3) is 0 Å². The Bertz CT molecular complexity index is 666. The molecule has 2 rings (SSSR count). The molecule has 1 aliphatic heterocycles. The summed E-state index contributed by atoms with van der Waals surface area (Å²) in [5.41, 5.74) is 1.14. The standard InChI is InChI=1S/C20H31F3N4O2.HI/c1-5-24-19(25-7-9-26(2)14-20(21,22)23)27-8-6-15(13-27)16-10-17(28-3)12-18(11-16)29-4;/h10-12,15H,5-9,13-14H2,1-4H3,(H,24,25);1H. The number of hydrogen-bond donors (Lipinski definition) is 1. The molecule has 1 N–H and O–H groups in total. The Labute approximate surface area is 193 Å². The number of methoxy groups -OCH3 is 2. The molecule has 0 saturated carbocycles. The third-order valence-corrected chi connectivity index (χ3v) is 4.86. The lowest BCUT2D eigenvalue weighted by atomic mass is 9.98. The van der Waals surface area contributed by atoms with Crippen molar-refractivity contribution >= 4 is 29.9 Å². The van der Waals surface area contributed by atoms with Crippen molar-refractivity contribution in [3.63, 3.8) is 0 Å². The smallest absolute Gasteiger partial charge is 0.401 e. The van der Waals surface area contributed by atoms with Crippen molar-refractivity contribution in [3.8, 4) is 11.5 Å². The van der Waals surface area contributed by atoms with Gasteiger partial charge in [-0.1, -0.05) is 0 Å². The van der Waals surface area contributed by atoms with Crippen molar-refractivity contribution in [1.82, 2.24) is 15.1 Å². The molecular weight excluding hydrogens is 512 g/mol. The number of nitrogens with zero attached hydrogens (tertiary/aromatic N) is 3. The van der Waals surface area contributed by atoms with Crippen LogP contribution in [0.1, 0.15) is 24.8 Å². The largest absolute Gasteiger partial charge is 0.497 e. The van der Waals surface area contributed by atoms with Crippen LogP contribution < -0.4 is 14.8 Å². The number of guanidine groups is 1. The average Bonchev–Trinajstić information content (AvgIpc) is 3.15. The van der Waals surface area contributed by atoms with E-state index < -0.39 is 12.7 Å². The Morgan fingerprint density at radius 1 is 1.23 bits per heavy atom. The van der Waals surface area contributed by atoms with Crippen molar-refractivity contribution in [2.24, 2.45) is 4.99 Å². The number of nitrogens with one attached hydrogen (secondary N) is 1. The molecule has 1 aromatic carbocycles. The summed E-state index contributed by atoms with van der Waals surface area (Å²) in [6.45, 7) is 3.91. The highest BCUT2D eigenvalue weighted by atomic mass is 127. The number of aliphatic imine (C=N–C) groups is 1. The molecule has 30 heavy (non-hydrogen) atoms. The first-order valence-electron chi connectivity index (χ1n) is 9.77. The van der Waals surface area contributed by atoms with E-state index in [0.717, 1.165) is 42.5 Å². The maximum atomic E-state index is 12.5. The van der Waals surface area contributed by atoms with E-state index in [9.17, 15) is 13.2 Å². The van der Waals surface area contributed by atoms with Crippen molar-refractivity contribution in [2.45, 2.75) is 25.4 Å². The molecule has 0 amide bonds. The normalized spacial score (nSPS) is 17.1. The van der Waals surface area contributed by atoms with Crippen LogP contribution in [0.2, 0.25) is 0 Å². The lowest BCUT2D eigenvalue weighted by Gasteiger charge is -2.23. The van der Waals surface area contributed by atoms with Gasteiger partial charge in [-0.25, -0.2) is 0 Å². The van der Waals surface area contributed by atoms with Crippen molar-refractivity contribution in [3.05, 3.63) is 23.8 Å². The van der Waals surface area contributed by atoms with E-state index in [-0.39, 0.29) is 30.5 Å². The molecule has 0 bridgehead atoms. The first-order chi connectivity index (χ1) is 13.8. The summed E-state index contributed by atoms with van der Waals surface area (Å²) in [4.78, 5) is 7.93. The van der Waals surface area contributed by atoms with Crippen LogP contribution in [0.5, 0.6) is 11.5 Å². The molecule has 1 atom stereocenters. The second-order valence-electron chi connectivity index (χ2n) is 7.17. The highest BCUT2D eigenvalue weighted by Gasteiger charge is 2.29. The van der Waals surface area contributed by atoms with E-state index in [1.165, 1.54) is 11.9 Å². The van der Waals surface area contributed by atoms with Gasteiger partial charge in [-0.3, -0.25) is 9.89 Å². The number of ether oxygens (including phenoxy) is 2. The SMILES string of the molecule is CCNC(=NCCN(C)CC(F)(F)F)N1CCC(c2cc(OC)cc(OC)c2)C1.I. The third-order valence-electron chi connectivity index (χ3n) is 4.86. The predicted octanol–water partition coefficient (Wildman–Crippen LogP) is 3.57. The third kappa shape index (κ3) is 8.37. The predicted molar refractivity (Wildman–Crippen MR) is 123 cm³/mol. The summed E-state index contributed by atoms with van der Waals surface area (Å²) >= 11 is 0. The zero-order valence-corrected chi connectivity index (χ0v) is 20.3. The molecule has 0 aliphatic carbocycles. The summed E-state index contributed by atoms with van der Waals surface area (Å²) in [7, 11) is 4.72. The molecule has 1 saturated heterocycles. The molecule has 1 aromatic rings. The van der Waals surface area contributed by atoms with E-state index in [2.05, 4.69) is 15.2 Å². The zero-order chi connectivity index (χ0) is 21.4. The van der Waals surface area contributed by atoms with Gasteiger partial charge in [0.2, 0.25) is 0 Å². The minimum atomic E-state index is -4.19. The number of alkyl halides is 3. The van der Waals surface area contributed by atoms with Crippen LogP contribution in [0.3, 0.4) is 0 Å². The second kappa shape index (κ2) is 12.4. The highest BCUT2D eigenvalue weighted by molar-refractivity contribution is 14.0. The van der Waals surface area contributed by atoms with Gasteiger partial charge in [0.05, 0.1) is 27.3 Å². The molecule has 6 nitrogen and oxygen atoms in total. The fourth-order valence-corrected chi connectivity index (χ4v) is 3.43. The molecular formula is C20H32F3IN4O2.